The molecule has 2 atom stereocenters. The number of aliphatic hydroxyl groups is 1. The molecule has 30 heavy (non-hydrogen) atoms. The van der Waals surface area contributed by atoms with Crippen molar-refractivity contribution in [3.8, 4) is 0 Å². The normalized spacial score (nSPS) is 13.7. The van der Waals surface area contributed by atoms with Crippen LogP contribution >= 0.6 is 0 Å². The van der Waals surface area contributed by atoms with E-state index < -0.39 is 15.4 Å². The van der Waals surface area contributed by atoms with Crippen LogP contribution in [0.2, 0.25) is 0 Å². The third-order valence-electron chi connectivity index (χ3n) is 6.07. The van der Waals surface area contributed by atoms with Crippen molar-refractivity contribution in [1.82, 2.24) is 0 Å². The molecule has 0 aromatic carbocycles. The second-order valence-electron chi connectivity index (χ2n) is 8.85. The average Bonchev–Trinajstić information content (AvgIpc) is 2.67. The third-order valence-corrected chi connectivity index (χ3v) is 7.45. The molecule has 0 saturated heterocycles. The minimum Gasteiger partial charge on any atom is -0.748 e. The van der Waals surface area contributed by atoms with Gasteiger partial charge in [-0.3, -0.25) is 0 Å². The van der Waals surface area contributed by atoms with E-state index in [9.17, 15) is 18.1 Å². The van der Waals surface area contributed by atoms with Gasteiger partial charge in [0.05, 0.1) is 16.2 Å². The van der Waals surface area contributed by atoms with Gasteiger partial charge in [0.25, 0.3) is 0 Å². The van der Waals surface area contributed by atoms with Crippen molar-refractivity contribution >= 4 is 10.1 Å². The summed E-state index contributed by atoms with van der Waals surface area (Å²) in [6.45, 7) is 4.02. The summed E-state index contributed by atoms with van der Waals surface area (Å²) in [6, 6.07) is 0. The minimum absolute atomic E-state index is 0. The quantitative estimate of drug-likeness (QED) is 0.146. The maximum Gasteiger partial charge on any atom is 1.00 e. The summed E-state index contributed by atoms with van der Waals surface area (Å²) in [5.41, 5.74) is 0. The molecule has 0 aromatic rings. The van der Waals surface area contributed by atoms with Gasteiger partial charge in [-0.05, 0) is 25.7 Å². The first kappa shape index (κ1) is 33.7. The topological polar surface area (TPSA) is 77.4 Å². The van der Waals surface area contributed by atoms with E-state index in [1.807, 2.05) is 0 Å². The predicted molar refractivity (Wildman–Crippen MR) is 123 cm³/mol. The molecule has 0 amide bonds. The molecule has 0 bridgehead atoms. The van der Waals surface area contributed by atoms with Crippen LogP contribution < -0.4 is 51.4 Å². The first-order valence-electron chi connectivity index (χ1n) is 12.5. The Hall–Kier alpha value is 1.51. The van der Waals surface area contributed by atoms with Gasteiger partial charge in [0.15, 0.2) is 0 Å². The molecule has 0 aliphatic heterocycles. The van der Waals surface area contributed by atoms with Gasteiger partial charge < -0.3 is 9.66 Å². The van der Waals surface area contributed by atoms with Crippen molar-refractivity contribution in [2.45, 2.75) is 154 Å². The Labute approximate surface area is 230 Å². The number of rotatable bonds is 22. The van der Waals surface area contributed by atoms with Crippen molar-refractivity contribution in [3.05, 3.63) is 0 Å². The zero-order chi connectivity index (χ0) is 21.8. The Bertz CT molecular complexity index is 442. The molecule has 0 spiro atoms. The second kappa shape index (κ2) is 23.7. The molecule has 4 nitrogen and oxygen atoms in total. The van der Waals surface area contributed by atoms with Crippen molar-refractivity contribution in [1.29, 1.82) is 0 Å². The van der Waals surface area contributed by atoms with Crippen molar-refractivity contribution < 1.29 is 69.5 Å². The van der Waals surface area contributed by atoms with Crippen LogP contribution in [0.4, 0.5) is 0 Å². The number of hydrogen-bond acceptors (Lipinski definition) is 4. The van der Waals surface area contributed by atoms with E-state index in [-0.39, 0.29) is 57.5 Å². The largest absolute Gasteiger partial charge is 1.00 e. The zero-order valence-electron chi connectivity index (χ0n) is 20.4. The molecular formula is C24H49KO4S. The summed E-state index contributed by atoms with van der Waals surface area (Å²) in [5.74, 6) is 0. The zero-order valence-corrected chi connectivity index (χ0v) is 24.3. The van der Waals surface area contributed by atoms with E-state index in [1.165, 1.54) is 77.0 Å². The maximum absolute atomic E-state index is 11.0. The van der Waals surface area contributed by atoms with Crippen molar-refractivity contribution in [2.75, 3.05) is 0 Å². The molecule has 6 heteroatoms. The first-order chi connectivity index (χ1) is 13.9. The summed E-state index contributed by atoms with van der Waals surface area (Å²) in [7, 11) is -4.11. The Morgan fingerprint density at radius 3 is 1.30 bits per heavy atom. The van der Waals surface area contributed by atoms with Crippen LogP contribution in [0.15, 0.2) is 0 Å². The molecule has 0 aromatic heterocycles. The van der Waals surface area contributed by atoms with Gasteiger partial charge in [0.1, 0.15) is 0 Å². The average molecular weight is 473 g/mol. The maximum atomic E-state index is 11.0. The molecule has 176 valence electrons. The minimum atomic E-state index is -4.11. The van der Waals surface area contributed by atoms with E-state index in [0.29, 0.717) is 12.8 Å². The molecule has 0 radical (unpaired) electrons. The number of unbranched alkanes of at least 4 members (excludes halogenated alkanes) is 14. The fraction of sp³-hybridized carbons (Fsp3) is 1.00. The molecular weight excluding hydrogens is 423 g/mol. The molecule has 1 N–H and O–H groups in total. The van der Waals surface area contributed by atoms with Gasteiger partial charge in [0, 0.05) is 5.25 Å². The van der Waals surface area contributed by atoms with Crippen LogP contribution in [0, 0.1) is 0 Å². The van der Waals surface area contributed by atoms with Crippen LogP contribution in [-0.2, 0) is 10.1 Å². The predicted octanol–water partition coefficient (Wildman–Crippen LogP) is 4.11. The fourth-order valence-corrected chi connectivity index (χ4v) is 4.89. The van der Waals surface area contributed by atoms with Gasteiger partial charge >= 0.3 is 51.4 Å². The Kier molecular flexibility index (Phi) is 26.6. The van der Waals surface area contributed by atoms with Crippen molar-refractivity contribution in [2.24, 2.45) is 0 Å². The smallest absolute Gasteiger partial charge is 0.748 e. The van der Waals surface area contributed by atoms with Gasteiger partial charge in [-0.25, -0.2) is 8.42 Å². The molecule has 0 aliphatic rings. The molecule has 0 heterocycles. The van der Waals surface area contributed by atoms with Gasteiger partial charge in [-0.15, -0.1) is 0 Å². The fourth-order valence-electron chi connectivity index (χ4n) is 4.02. The Morgan fingerprint density at radius 2 is 0.967 bits per heavy atom. The summed E-state index contributed by atoms with van der Waals surface area (Å²) in [6.07, 6.45) is 22.2. The van der Waals surface area contributed by atoms with Crippen LogP contribution in [-0.4, -0.2) is 29.4 Å². The summed E-state index contributed by atoms with van der Waals surface area (Å²) in [4.78, 5) is 0. The number of aliphatic hydroxyl groups excluding tert-OH is 1. The summed E-state index contributed by atoms with van der Waals surface area (Å²) >= 11 is 0. The third kappa shape index (κ3) is 22.7. The van der Waals surface area contributed by atoms with E-state index in [1.54, 1.807) is 6.92 Å². The summed E-state index contributed by atoms with van der Waals surface area (Å²) in [5, 5.41) is 9.37. The molecule has 0 rings (SSSR count). The molecule has 2 unspecified atom stereocenters. The molecule has 0 saturated carbocycles. The Morgan fingerprint density at radius 1 is 0.633 bits per heavy atom. The van der Waals surface area contributed by atoms with Crippen LogP contribution in [0.25, 0.3) is 0 Å². The van der Waals surface area contributed by atoms with Crippen LogP contribution in [0.1, 0.15) is 142 Å². The first-order valence-corrected chi connectivity index (χ1v) is 14.0. The number of hydrogen-bond donors (Lipinski definition) is 1. The SMILES string of the molecule is CCCCCCCCCC(O)CCCCCCCCCCCC(CC)S(=O)(=O)[O-].[K+]. The van der Waals surface area contributed by atoms with Crippen molar-refractivity contribution in [3.63, 3.8) is 0 Å². The van der Waals surface area contributed by atoms with E-state index in [2.05, 4.69) is 6.92 Å². The molecule has 0 aliphatic carbocycles. The summed E-state index contributed by atoms with van der Waals surface area (Å²) < 4.78 is 33.1. The van der Waals surface area contributed by atoms with Gasteiger partial charge in [-0.2, -0.15) is 0 Å². The van der Waals surface area contributed by atoms with Crippen LogP contribution in [0.5, 0.6) is 0 Å². The monoisotopic (exact) mass is 472 g/mol. The second-order valence-corrected chi connectivity index (χ2v) is 10.5. The standard InChI is InChI=1S/C24H50O4S.K/c1-3-5-6-7-11-14-17-20-23(25)21-18-15-12-9-8-10-13-16-19-22-24(4-2)29(26,27)28;/h23-25H,3-22H2,1-2H3,(H,26,27,28);/q;+1/p-1. The van der Waals surface area contributed by atoms with E-state index in [4.69, 9.17) is 0 Å². The Balaban J connectivity index is 0. The van der Waals surface area contributed by atoms with Gasteiger partial charge in [0.2, 0.25) is 0 Å². The van der Waals surface area contributed by atoms with E-state index >= 15 is 0 Å². The van der Waals surface area contributed by atoms with Crippen LogP contribution in [0.3, 0.4) is 0 Å². The van der Waals surface area contributed by atoms with Gasteiger partial charge in [-0.1, -0.05) is 117 Å². The van der Waals surface area contributed by atoms with E-state index in [0.717, 1.165) is 38.5 Å². The molecule has 0 fully saturated rings.